The van der Waals surface area contributed by atoms with E-state index in [1.54, 1.807) is 11.3 Å². The Morgan fingerprint density at radius 1 is 1.69 bits per heavy atom. The molecule has 0 aromatic carbocycles. The van der Waals surface area contributed by atoms with Crippen LogP contribution in [0, 0.1) is 16.7 Å². The molecule has 1 heterocycles. The molecule has 1 saturated carbocycles. The highest BCUT2D eigenvalue weighted by atomic mass is 32.1. The van der Waals surface area contributed by atoms with Gasteiger partial charge in [-0.25, -0.2) is 4.98 Å². The Balaban J connectivity index is 2.06. The van der Waals surface area contributed by atoms with E-state index in [1.165, 1.54) is 0 Å². The van der Waals surface area contributed by atoms with Crippen molar-refractivity contribution in [2.75, 3.05) is 0 Å². The SMILES string of the molecule is CCc1csc(CC2(C#N)CC2)n1. The summed E-state index contributed by atoms with van der Waals surface area (Å²) in [5.41, 5.74) is 1.12. The Morgan fingerprint density at radius 3 is 2.92 bits per heavy atom. The van der Waals surface area contributed by atoms with Crippen molar-refractivity contribution in [3.63, 3.8) is 0 Å². The molecule has 0 N–H and O–H groups in total. The number of nitriles is 1. The Bertz CT molecular complexity index is 344. The van der Waals surface area contributed by atoms with Crippen LogP contribution in [0.15, 0.2) is 5.38 Å². The number of thiazole rings is 1. The van der Waals surface area contributed by atoms with Crippen LogP contribution >= 0.6 is 11.3 Å². The summed E-state index contributed by atoms with van der Waals surface area (Å²) < 4.78 is 0. The van der Waals surface area contributed by atoms with Crippen LogP contribution in [-0.4, -0.2) is 4.98 Å². The smallest absolute Gasteiger partial charge is 0.0944 e. The summed E-state index contributed by atoms with van der Waals surface area (Å²) in [6, 6.07) is 2.39. The van der Waals surface area contributed by atoms with E-state index in [4.69, 9.17) is 5.26 Å². The van der Waals surface area contributed by atoms with E-state index in [0.717, 1.165) is 36.4 Å². The van der Waals surface area contributed by atoms with E-state index < -0.39 is 0 Å². The predicted molar refractivity (Wildman–Crippen MR) is 52.5 cm³/mol. The molecule has 0 saturated heterocycles. The van der Waals surface area contributed by atoms with E-state index in [0.29, 0.717) is 0 Å². The van der Waals surface area contributed by atoms with Crippen LogP contribution in [0.1, 0.15) is 30.5 Å². The second-order valence-corrected chi connectivity index (χ2v) is 4.60. The highest BCUT2D eigenvalue weighted by molar-refractivity contribution is 7.09. The number of nitrogens with zero attached hydrogens (tertiary/aromatic N) is 2. The molecule has 0 amide bonds. The van der Waals surface area contributed by atoms with Gasteiger partial charge in [0.05, 0.1) is 22.2 Å². The maximum Gasteiger partial charge on any atom is 0.0944 e. The molecule has 0 atom stereocenters. The third-order valence-electron chi connectivity index (χ3n) is 2.54. The topological polar surface area (TPSA) is 36.7 Å². The average Bonchev–Trinajstić information content (AvgIpc) is 2.77. The van der Waals surface area contributed by atoms with Crippen molar-refractivity contribution in [1.82, 2.24) is 4.98 Å². The number of aromatic nitrogens is 1. The number of hydrogen-bond donors (Lipinski definition) is 0. The maximum atomic E-state index is 8.91. The summed E-state index contributed by atoms with van der Waals surface area (Å²) in [4.78, 5) is 4.47. The number of rotatable bonds is 3. The molecular weight excluding hydrogens is 180 g/mol. The molecular formula is C10H12N2S. The van der Waals surface area contributed by atoms with Crippen molar-refractivity contribution in [1.29, 1.82) is 5.26 Å². The van der Waals surface area contributed by atoms with Crippen LogP contribution in [0.5, 0.6) is 0 Å². The van der Waals surface area contributed by atoms with Gasteiger partial charge in [0.2, 0.25) is 0 Å². The Hall–Kier alpha value is -0.880. The molecule has 68 valence electrons. The van der Waals surface area contributed by atoms with E-state index in [9.17, 15) is 0 Å². The van der Waals surface area contributed by atoms with Gasteiger partial charge in [-0.15, -0.1) is 11.3 Å². The van der Waals surface area contributed by atoms with Crippen molar-refractivity contribution >= 4 is 11.3 Å². The summed E-state index contributed by atoms with van der Waals surface area (Å²) in [5.74, 6) is 0. The van der Waals surface area contributed by atoms with Gasteiger partial charge in [0.25, 0.3) is 0 Å². The Morgan fingerprint density at radius 2 is 2.46 bits per heavy atom. The van der Waals surface area contributed by atoms with Crippen LogP contribution < -0.4 is 0 Å². The number of hydrogen-bond acceptors (Lipinski definition) is 3. The van der Waals surface area contributed by atoms with Crippen molar-refractivity contribution < 1.29 is 0 Å². The molecule has 0 aliphatic heterocycles. The molecule has 0 unspecified atom stereocenters. The highest BCUT2D eigenvalue weighted by Gasteiger charge is 2.43. The lowest BCUT2D eigenvalue weighted by molar-refractivity contribution is 0.660. The van der Waals surface area contributed by atoms with Crippen LogP contribution in [0.4, 0.5) is 0 Å². The molecule has 1 aliphatic carbocycles. The molecule has 13 heavy (non-hydrogen) atoms. The second kappa shape index (κ2) is 3.12. The molecule has 2 nitrogen and oxygen atoms in total. The van der Waals surface area contributed by atoms with Crippen molar-refractivity contribution in [2.24, 2.45) is 5.41 Å². The molecule has 1 aromatic heterocycles. The third kappa shape index (κ3) is 1.73. The molecule has 0 bridgehead atoms. The summed E-state index contributed by atoms with van der Waals surface area (Å²) in [7, 11) is 0. The van der Waals surface area contributed by atoms with E-state index in [1.807, 2.05) is 0 Å². The van der Waals surface area contributed by atoms with Gasteiger partial charge in [0.1, 0.15) is 0 Å². The zero-order valence-electron chi connectivity index (χ0n) is 7.71. The van der Waals surface area contributed by atoms with Crippen LogP contribution in [-0.2, 0) is 12.8 Å². The lowest BCUT2D eigenvalue weighted by Gasteiger charge is -1.99. The maximum absolute atomic E-state index is 8.91. The van der Waals surface area contributed by atoms with Gasteiger partial charge < -0.3 is 0 Å². The molecule has 1 fully saturated rings. The van der Waals surface area contributed by atoms with Gasteiger partial charge in [-0.3, -0.25) is 0 Å². The lowest BCUT2D eigenvalue weighted by atomic mass is 10.1. The van der Waals surface area contributed by atoms with E-state index in [2.05, 4.69) is 23.4 Å². The van der Waals surface area contributed by atoms with Gasteiger partial charge >= 0.3 is 0 Å². The fourth-order valence-electron chi connectivity index (χ4n) is 1.36. The van der Waals surface area contributed by atoms with Gasteiger partial charge in [0, 0.05) is 11.8 Å². The minimum atomic E-state index is -0.0388. The van der Waals surface area contributed by atoms with Crippen molar-refractivity contribution in [3.05, 3.63) is 16.1 Å². The monoisotopic (exact) mass is 192 g/mol. The Kier molecular flexibility index (Phi) is 2.09. The molecule has 1 aliphatic rings. The van der Waals surface area contributed by atoms with Gasteiger partial charge in [-0.1, -0.05) is 6.92 Å². The zero-order valence-corrected chi connectivity index (χ0v) is 8.52. The standard InChI is InChI=1S/C10H12N2S/c1-2-8-6-13-9(12-8)5-10(7-11)3-4-10/h6H,2-5H2,1H3. The fraction of sp³-hybridized carbons (Fsp3) is 0.600. The van der Waals surface area contributed by atoms with Crippen molar-refractivity contribution in [3.8, 4) is 6.07 Å². The van der Waals surface area contributed by atoms with Crippen LogP contribution in [0.25, 0.3) is 0 Å². The summed E-state index contributed by atoms with van der Waals surface area (Å²) >= 11 is 1.69. The Labute approximate surface area is 82.2 Å². The molecule has 0 radical (unpaired) electrons. The second-order valence-electron chi connectivity index (χ2n) is 3.66. The first-order valence-electron chi connectivity index (χ1n) is 4.62. The minimum absolute atomic E-state index is 0.0388. The molecule has 2 rings (SSSR count). The number of aryl methyl sites for hydroxylation is 1. The third-order valence-corrected chi connectivity index (χ3v) is 3.44. The normalized spacial score (nSPS) is 18.2. The molecule has 1 aromatic rings. The van der Waals surface area contributed by atoms with Crippen LogP contribution in [0.2, 0.25) is 0 Å². The largest absolute Gasteiger partial charge is 0.246 e. The van der Waals surface area contributed by atoms with Crippen molar-refractivity contribution in [2.45, 2.75) is 32.6 Å². The first-order chi connectivity index (χ1) is 6.28. The zero-order chi connectivity index (χ0) is 9.31. The first kappa shape index (κ1) is 8.71. The van der Waals surface area contributed by atoms with E-state index >= 15 is 0 Å². The van der Waals surface area contributed by atoms with E-state index in [-0.39, 0.29) is 5.41 Å². The molecule has 0 spiro atoms. The molecule has 3 heteroatoms. The summed E-state index contributed by atoms with van der Waals surface area (Å²) in [6.07, 6.45) is 3.99. The predicted octanol–water partition coefficient (Wildman–Crippen LogP) is 2.55. The first-order valence-corrected chi connectivity index (χ1v) is 5.50. The summed E-state index contributed by atoms with van der Waals surface area (Å²) in [6.45, 7) is 2.11. The highest BCUT2D eigenvalue weighted by Crippen LogP contribution is 2.47. The van der Waals surface area contributed by atoms with Gasteiger partial charge in [-0.05, 0) is 19.3 Å². The van der Waals surface area contributed by atoms with Crippen LogP contribution in [0.3, 0.4) is 0 Å². The quantitative estimate of drug-likeness (QED) is 0.738. The van der Waals surface area contributed by atoms with Gasteiger partial charge in [-0.2, -0.15) is 5.26 Å². The summed E-state index contributed by atoms with van der Waals surface area (Å²) in [5, 5.41) is 12.1. The minimum Gasteiger partial charge on any atom is -0.246 e. The fourth-order valence-corrected chi connectivity index (χ4v) is 2.38. The average molecular weight is 192 g/mol. The lowest BCUT2D eigenvalue weighted by Crippen LogP contribution is -2.00. The van der Waals surface area contributed by atoms with Gasteiger partial charge in [0.15, 0.2) is 0 Å².